The topological polar surface area (TPSA) is 35.5 Å². The zero-order chi connectivity index (χ0) is 15.7. The van der Waals surface area contributed by atoms with Crippen LogP contribution in [0.15, 0.2) is 12.1 Å². The number of carbonyl (C=O) groups excluding carboxylic acids is 1. The molecular formula is C17H25ClO3. The fourth-order valence-corrected chi connectivity index (χ4v) is 2.33. The Hall–Kier alpha value is -1.22. The number of rotatable bonds is 10. The molecular weight excluding hydrogens is 288 g/mol. The Kier molecular flexibility index (Phi) is 8.21. The summed E-state index contributed by atoms with van der Waals surface area (Å²) in [4.78, 5) is 12.2. The van der Waals surface area contributed by atoms with E-state index in [9.17, 15) is 4.79 Å². The van der Waals surface area contributed by atoms with Crippen LogP contribution in [0.4, 0.5) is 0 Å². The fraction of sp³-hybridized carbons (Fsp3) is 0.588. The number of carbonyl (C=O) groups is 1. The van der Waals surface area contributed by atoms with Gasteiger partial charge in [0.25, 0.3) is 0 Å². The maximum Gasteiger partial charge on any atom is 0.164 e. The van der Waals surface area contributed by atoms with Crippen molar-refractivity contribution < 1.29 is 14.3 Å². The van der Waals surface area contributed by atoms with Crippen molar-refractivity contribution in [1.29, 1.82) is 0 Å². The maximum absolute atomic E-state index is 12.2. The lowest BCUT2D eigenvalue weighted by Crippen LogP contribution is -2.07. The van der Waals surface area contributed by atoms with Crippen LogP contribution >= 0.6 is 11.6 Å². The van der Waals surface area contributed by atoms with Gasteiger partial charge in [0, 0.05) is 17.9 Å². The Balaban J connectivity index is 3.11. The van der Waals surface area contributed by atoms with Gasteiger partial charge < -0.3 is 9.47 Å². The average molecular weight is 313 g/mol. The molecule has 0 fully saturated rings. The summed E-state index contributed by atoms with van der Waals surface area (Å²) in [6.45, 7) is 4.83. The number of hydrogen-bond acceptors (Lipinski definition) is 3. The van der Waals surface area contributed by atoms with Gasteiger partial charge in [-0.2, -0.15) is 0 Å². The number of unbranched alkanes of at least 4 members (excludes halogenated alkanes) is 1. The number of benzene rings is 1. The second kappa shape index (κ2) is 9.67. The van der Waals surface area contributed by atoms with E-state index >= 15 is 0 Å². The minimum atomic E-state index is 0.0662. The molecule has 0 spiro atoms. The van der Waals surface area contributed by atoms with Crippen molar-refractivity contribution in [2.24, 2.45) is 0 Å². The number of aryl methyl sites for hydroxylation is 1. The van der Waals surface area contributed by atoms with E-state index in [1.54, 1.807) is 7.11 Å². The van der Waals surface area contributed by atoms with Crippen LogP contribution in [0.3, 0.4) is 0 Å². The molecule has 1 aromatic carbocycles. The van der Waals surface area contributed by atoms with Crippen LogP contribution in [0, 0.1) is 0 Å². The minimum absolute atomic E-state index is 0.0662. The largest absolute Gasteiger partial charge is 0.493 e. The molecule has 0 unspecified atom stereocenters. The molecule has 1 rings (SSSR count). The van der Waals surface area contributed by atoms with Crippen molar-refractivity contribution in [3.8, 4) is 11.5 Å². The van der Waals surface area contributed by atoms with Crippen LogP contribution in [0.5, 0.6) is 11.5 Å². The van der Waals surface area contributed by atoms with Gasteiger partial charge >= 0.3 is 0 Å². The smallest absolute Gasteiger partial charge is 0.164 e. The maximum atomic E-state index is 12.2. The summed E-state index contributed by atoms with van der Waals surface area (Å²) in [6, 6.07) is 3.74. The first kappa shape index (κ1) is 17.8. The van der Waals surface area contributed by atoms with Crippen LogP contribution in [-0.2, 0) is 6.42 Å². The molecule has 0 aromatic heterocycles. The molecule has 0 amide bonds. The lowest BCUT2D eigenvalue weighted by Gasteiger charge is -2.15. The van der Waals surface area contributed by atoms with Crippen molar-refractivity contribution in [2.45, 2.75) is 46.0 Å². The zero-order valence-corrected chi connectivity index (χ0v) is 14.0. The molecule has 0 aliphatic rings. The van der Waals surface area contributed by atoms with Gasteiger partial charge in [-0.05, 0) is 30.5 Å². The zero-order valence-electron chi connectivity index (χ0n) is 13.2. The SMILES string of the molecule is CCCCOc1cc(C(=O)CCCl)c(CCC)cc1OC. The third-order valence-electron chi connectivity index (χ3n) is 3.29. The van der Waals surface area contributed by atoms with Gasteiger partial charge in [0.05, 0.1) is 13.7 Å². The average Bonchev–Trinajstić information content (AvgIpc) is 2.48. The highest BCUT2D eigenvalue weighted by Crippen LogP contribution is 2.32. The fourth-order valence-electron chi connectivity index (χ4n) is 2.16. The molecule has 0 N–H and O–H groups in total. The Morgan fingerprint density at radius 2 is 1.95 bits per heavy atom. The minimum Gasteiger partial charge on any atom is -0.493 e. The van der Waals surface area contributed by atoms with Crippen LogP contribution in [-0.4, -0.2) is 25.4 Å². The molecule has 1 aromatic rings. The monoisotopic (exact) mass is 312 g/mol. The summed E-state index contributed by atoms with van der Waals surface area (Å²) in [5.74, 6) is 1.74. The van der Waals surface area contributed by atoms with Gasteiger partial charge in [0.1, 0.15) is 0 Å². The molecule has 0 saturated heterocycles. The molecule has 0 radical (unpaired) electrons. The third-order valence-corrected chi connectivity index (χ3v) is 3.48. The van der Waals surface area contributed by atoms with E-state index in [1.807, 2.05) is 12.1 Å². The summed E-state index contributed by atoms with van der Waals surface area (Å²) >= 11 is 5.70. The number of methoxy groups -OCH3 is 1. The molecule has 0 atom stereocenters. The molecule has 4 heteroatoms. The molecule has 118 valence electrons. The predicted molar refractivity (Wildman–Crippen MR) is 87.1 cm³/mol. The van der Waals surface area contributed by atoms with E-state index in [-0.39, 0.29) is 5.78 Å². The lowest BCUT2D eigenvalue weighted by molar-refractivity contribution is 0.0987. The first-order valence-corrected chi connectivity index (χ1v) is 8.14. The normalized spacial score (nSPS) is 10.5. The number of ether oxygens (including phenoxy) is 2. The predicted octanol–water partition coefficient (Wildman–Crippen LogP) is 4.64. The molecule has 0 bridgehead atoms. The molecule has 3 nitrogen and oxygen atoms in total. The van der Waals surface area contributed by atoms with Crippen molar-refractivity contribution in [3.63, 3.8) is 0 Å². The molecule has 0 saturated carbocycles. The highest BCUT2D eigenvalue weighted by atomic mass is 35.5. The van der Waals surface area contributed by atoms with Gasteiger partial charge in [-0.3, -0.25) is 4.79 Å². The Bertz CT molecular complexity index is 458. The van der Waals surface area contributed by atoms with Crippen LogP contribution in [0.25, 0.3) is 0 Å². The quantitative estimate of drug-likeness (QED) is 0.359. The van der Waals surface area contributed by atoms with E-state index in [2.05, 4.69) is 13.8 Å². The second-order valence-electron chi connectivity index (χ2n) is 4.97. The third kappa shape index (κ3) is 5.24. The van der Waals surface area contributed by atoms with Gasteiger partial charge in [-0.15, -0.1) is 11.6 Å². The Morgan fingerprint density at radius 3 is 2.52 bits per heavy atom. The summed E-state index contributed by atoms with van der Waals surface area (Å²) < 4.78 is 11.2. The number of halogens is 1. The van der Waals surface area contributed by atoms with Gasteiger partial charge in [-0.25, -0.2) is 0 Å². The Morgan fingerprint density at radius 1 is 1.19 bits per heavy atom. The molecule has 21 heavy (non-hydrogen) atoms. The molecule has 0 aliphatic carbocycles. The van der Waals surface area contributed by atoms with Crippen LogP contribution < -0.4 is 9.47 Å². The van der Waals surface area contributed by atoms with Gasteiger partial charge in [0.2, 0.25) is 0 Å². The van der Waals surface area contributed by atoms with Crippen molar-refractivity contribution in [1.82, 2.24) is 0 Å². The van der Waals surface area contributed by atoms with E-state index in [1.165, 1.54) is 0 Å². The van der Waals surface area contributed by atoms with Crippen molar-refractivity contribution in [2.75, 3.05) is 19.6 Å². The second-order valence-corrected chi connectivity index (χ2v) is 5.35. The molecule has 0 aliphatic heterocycles. The van der Waals surface area contributed by atoms with E-state index in [0.717, 1.165) is 31.2 Å². The number of ketones is 1. The van der Waals surface area contributed by atoms with Crippen molar-refractivity contribution in [3.05, 3.63) is 23.3 Å². The summed E-state index contributed by atoms with van der Waals surface area (Å²) in [5, 5.41) is 0. The van der Waals surface area contributed by atoms with E-state index in [4.69, 9.17) is 21.1 Å². The summed E-state index contributed by atoms with van der Waals surface area (Å²) in [6.07, 6.45) is 4.20. The van der Waals surface area contributed by atoms with Crippen LogP contribution in [0.1, 0.15) is 55.5 Å². The first-order chi connectivity index (χ1) is 10.2. The highest BCUT2D eigenvalue weighted by Gasteiger charge is 2.16. The number of hydrogen-bond donors (Lipinski definition) is 0. The lowest BCUT2D eigenvalue weighted by atomic mass is 9.97. The van der Waals surface area contributed by atoms with E-state index in [0.29, 0.717) is 36.0 Å². The number of Topliss-reactive ketones (excluding diaryl/α,β-unsaturated/α-hetero) is 1. The molecule has 0 heterocycles. The summed E-state index contributed by atoms with van der Waals surface area (Å²) in [7, 11) is 1.62. The van der Waals surface area contributed by atoms with E-state index < -0.39 is 0 Å². The summed E-state index contributed by atoms with van der Waals surface area (Å²) in [5.41, 5.74) is 1.72. The van der Waals surface area contributed by atoms with Gasteiger partial charge in [-0.1, -0.05) is 26.7 Å². The number of alkyl halides is 1. The highest BCUT2D eigenvalue weighted by molar-refractivity contribution is 6.19. The van der Waals surface area contributed by atoms with Gasteiger partial charge in [0.15, 0.2) is 17.3 Å². The Labute approximate surface area is 132 Å². The first-order valence-electron chi connectivity index (χ1n) is 7.60. The standard InChI is InChI=1S/C17H25ClO3/c1-4-6-10-21-17-12-14(15(19)8-9-18)13(7-5-2)11-16(17)20-3/h11-12H,4-10H2,1-3H3. The van der Waals surface area contributed by atoms with Crippen molar-refractivity contribution >= 4 is 17.4 Å². The van der Waals surface area contributed by atoms with Crippen LogP contribution in [0.2, 0.25) is 0 Å².